The predicted octanol–water partition coefficient (Wildman–Crippen LogP) is 0.125. The average molecular weight is 236 g/mol. The van der Waals surface area contributed by atoms with Gasteiger partial charge in [0.15, 0.2) is 0 Å². The number of hydrogen-bond donors (Lipinski definition) is 2. The molecule has 1 aromatic heterocycles. The molecule has 2 heterocycles. The Bertz CT molecular complexity index is 461. The maximum atomic E-state index is 11.7. The van der Waals surface area contributed by atoms with Gasteiger partial charge in [0, 0.05) is 31.7 Å². The first-order chi connectivity index (χ1) is 8.11. The van der Waals surface area contributed by atoms with Crippen LogP contribution in [0.25, 0.3) is 0 Å². The van der Waals surface area contributed by atoms with E-state index in [0.29, 0.717) is 12.2 Å². The molecule has 17 heavy (non-hydrogen) atoms. The van der Waals surface area contributed by atoms with Gasteiger partial charge in [0.05, 0.1) is 17.4 Å². The number of anilines is 1. The van der Waals surface area contributed by atoms with Crippen LogP contribution in [0.15, 0.2) is 18.5 Å². The zero-order valence-electron chi connectivity index (χ0n) is 9.04. The molecule has 0 aliphatic carbocycles. The van der Waals surface area contributed by atoms with Gasteiger partial charge in [-0.15, -0.1) is 0 Å². The van der Waals surface area contributed by atoms with Gasteiger partial charge in [-0.25, -0.2) is 4.79 Å². The minimum atomic E-state index is -1.08. The summed E-state index contributed by atoms with van der Waals surface area (Å²) >= 11 is 0. The third-order valence-electron chi connectivity index (χ3n) is 2.75. The Hall–Kier alpha value is -1.95. The number of carboxylic acid groups (broad SMARTS) is 1. The Kier molecular flexibility index (Phi) is 3.06. The van der Waals surface area contributed by atoms with Gasteiger partial charge in [0.25, 0.3) is 0 Å². The van der Waals surface area contributed by atoms with E-state index < -0.39 is 5.97 Å². The highest BCUT2D eigenvalue weighted by molar-refractivity contribution is 5.97. The molecule has 1 amide bonds. The van der Waals surface area contributed by atoms with Gasteiger partial charge in [-0.1, -0.05) is 0 Å². The van der Waals surface area contributed by atoms with E-state index in [2.05, 4.69) is 4.98 Å². The fourth-order valence-corrected chi connectivity index (χ4v) is 1.85. The average Bonchev–Trinajstić information content (AvgIpc) is 2.71. The summed E-state index contributed by atoms with van der Waals surface area (Å²) in [6.07, 6.45) is 2.97. The Morgan fingerprint density at radius 2 is 2.29 bits per heavy atom. The van der Waals surface area contributed by atoms with Crippen molar-refractivity contribution in [1.29, 1.82) is 0 Å². The molecule has 1 fully saturated rings. The lowest BCUT2D eigenvalue weighted by molar-refractivity contribution is -0.117. The van der Waals surface area contributed by atoms with Crippen LogP contribution in [0.4, 0.5) is 5.69 Å². The summed E-state index contributed by atoms with van der Waals surface area (Å²) in [5.74, 6) is -1.28. The number of carbonyl (C=O) groups is 2. The van der Waals surface area contributed by atoms with Crippen molar-refractivity contribution in [2.75, 3.05) is 18.1 Å². The van der Waals surface area contributed by atoms with Gasteiger partial charge in [0.2, 0.25) is 5.91 Å². The molecular weight excluding hydrogens is 224 g/mol. The summed E-state index contributed by atoms with van der Waals surface area (Å²) in [6.45, 7) is 0.356. The third-order valence-corrected chi connectivity index (χ3v) is 2.75. The lowest BCUT2D eigenvalue weighted by Crippen LogP contribution is -2.25. The second-order valence-electron chi connectivity index (χ2n) is 3.99. The summed E-state index contributed by atoms with van der Waals surface area (Å²) in [7, 11) is 0. The van der Waals surface area contributed by atoms with E-state index in [4.69, 9.17) is 10.2 Å². The van der Waals surface area contributed by atoms with Crippen LogP contribution in [0.3, 0.4) is 0 Å². The third kappa shape index (κ3) is 2.26. The zero-order chi connectivity index (χ0) is 12.4. The summed E-state index contributed by atoms with van der Waals surface area (Å²) < 4.78 is 0. The highest BCUT2D eigenvalue weighted by atomic mass is 16.4. The van der Waals surface area contributed by atoms with E-state index >= 15 is 0 Å². The standard InChI is InChI=1S/C11H12N2O4/c14-6-7-1-10(15)13(5-7)9-2-8(11(16)17)3-12-4-9/h2-4,7,14H,1,5-6H2,(H,16,17). The van der Waals surface area contributed by atoms with Gasteiger partial charge in [-0.3, -0.25) is 9.78 Å². The fourth-order valence-electron chi connectivity index (χ4n) is 1.85. The molecule has 0 bridgehead atoms. The molecule has 1 unspecified atom stereocenters. The number of aromatic nitrogens is 1. The predicted molar refractivity (Wildman–Crippen MR) is 58.7 cm³/mol. The van der Waals surface area contributed by atoms with E-state index in [9.17, 15) is 9.59 Å². The number of aliphatic hydroxyl groups excluding tert-OH is 1. The number of carbonyl (C=O) groups excluding carboxylic acids is 1. The molecule has 6 heteroatoms. The molecule has 90 valence electrons. The molecule has 1 saturated heterocycles. The van der Waals surface area contributed by atoms with Crippen LogP contribution < -0.4 is 4.90 Å². The van der Waals surface area contributed by atoms with Crippen molar-refractivity contribution in [3.05, 3.63) is 24.0 Å². The molecule has 0 spiro atoms. The van der Waals surface area contributed by atoms with Crippen LogP contribution in [0.1, 0.15) is 16.8 Å². The van der Waals surface area contributed by atoms with E-state index in [1.165, 1.54) is 23.4 Å². The normalized spacial score (nSPS) is 19.7. The van der Waals surface area contributed by atoms with E-state index in [0.717, 1.165) is 0 Å². The SMILES string of the molecule is O=C(O)c1cncc(N2CC(CO)CC2=O)c1. The van der Waals surface area contributed by atoms with Crippen molar-refractivity contribution in [2.45, 2.75) is 6.42 Å². The van der Waals surface area contributed by atoms with Crippen LogP contribution in [0.5, 0.6) is 0 Å². The fraction of sp³-hybridized carbons (Fsp3) is 0.364. The topological polar surface area (TPSA) is 90.7 Å². The first-order valence-corrected chi connectivity index (χ1v) is 5.21. The maximum Gasteiger partial charge on any atom is 0.337 e. The Morgan fingerprint density at radius 1 is 1.53 bits per heavy atom. The molecule has 0 saturated carbocycles. The van der Waals surface area contributed by atoms with Crippen molar-refractivity contribution >= 4 is 17.6 Å². The summed E-state index contributed by atoms with van der Waals surface area (Å²) in [6, 6.07) is 1.41. The number of carboxylic acids is 1. The van der Waals surface area contributed by atoms with Gasteiger partial charge in [0.1, 0.15) is 0 Å². The van der Waals surface area contributed by atoms with Crippen LogP contribution in [-0.2, 0) is 4.79 Å². The van der Waals surface area contributed by atoms with Crippen LogP contribution >= 0.6 is 0 Å². The molecule has 0 aromatic carbocycles. The van der Waals surface area contributed by atoms with E-state index in [-0.39, 0.29) is 30.4 Å². The van der Waals surface area contributed by atoms with Gasteiger partial charge in [-0.05, 0) is 6.07 Å². The molecule has 6 nitrogen and oxygen atoms in total. The molecule has 0 radical (unpaired) electrons. The van der Waals surface area contributed by atoms with Crippen molar-refractivity contribution < 1.29 is 19.8 Å². The number of aliphatic hydroxyl groups is 1. The Morgan fingerprint density at radius 3 is 2.88 bits per heavy atom. The molecule has 1 aromatic rings. The van der Waals surface area contributed by atoms with Crippen molar-refractivity contribution in [3.63, 3.8) is 0 Å². The molecule has 2 N–H and O–H groups in total. The lowest BCUT2D eigenvalue weighted by atomic mass is 10.1. The number of aromatic carboxylic acids is 1. The minimum Gasteiger partial charge on any atom is -0.478 e. The number of hydrogen-bond acceptors (Lipinski definition) is 4. The second-order valence-corrected chi connectivity index (χ2v) is 3.99. The molecular formula is C11H12N2O4. The first-order valence-electron chi connectivity index (χ1n) is 5.21. The smallest absolute Gasteiger partial charge is 0.337 e. The van der Waals surface area contributed by atoms with E-state index in [1.807, 2.05) is 0 Å². The molecule has 1 aliphatic rings. The zero-order valence-corrected chi connectivity index (χ0v) is 9.04. The van der Waals surface area contributed by atoms with Crippen molar-refractivity contribution in [2.24, 2.45) is 5.92 Å². The Labute approximate surface area is 97.5 Å². The highest BCUT2D eigenvalue weighted by Crippen LogP contribution is 2.24. The summed E-state index contributed by atoms with van der Waals surface area (Å²) in [5, 5.41) is 17.8. The second kappa shape index (κ2) is 4.50. The molecule has 1 atom stereocenters. The lowest BCUT2D eigenvalue weighted by Gasteiger charge is -2.16. The minimum absolute atomic E-state index is 0.0442. The summed E-state index contributed by atoms with van der Waals surface area (Å²) in [4.78, 5) is 27.7. The highest BCUT2D eigenvalue weighted by Gasteiger charge is 2.30. The van der Waals surface area contributed by atoms with Crippen molar-refractivity contribution in [1.82, 2.24) is 4.98 Å². The van der Waals surface area contributed by atoms with Gasteiger partial charge in [-0.2, -0.15) is 0 Å². The summed E-state index contributed by atoms with van der Waals surface area (Å²) in [5.41, 5.74) is 0.508. The largest absolute Gasteiger partial charge is 0.478 e. The molecule has 1 aliphatic heterocycles. The van der Waals surface area contributed by atoms with Crippen LogP contribution in [0, 0.1) is 5.92 Å². The van der Waals surface area contributed by atoms with Crippen LogP contribution in [0.2, 0.25) is 0 Å². The number of nitrogens with zero attached hydrogens (tertiary/aromatic N) is 2. The van der Waals surface area contributed by atoms with Gasteiger partial charge >= 0.3 is 5.97 Å². The van der Waals surface area contributed by atoms with Gasteiger partial charge < -0.3 is 15.1 Å². The monoisotopic (exact) mass is 236 g/mol. The number of rotatable bonds is 3. The quantitative estimate of drug-likeness (QED) is 0.778. The number of pyridine rings is 1. The van der Waals surface area contributed by atoms with Crippen molar-refractivity contribution in [3.8, 4) is 0 Å². The maximum absolute atomic E-state index is 11.7. The van der Waals surface area contributed by atoms with Crippen LogP contribution in [-0.4, -0.2) is 40.2 Å². The molecule has 2 rings (SSSR count). The Balaban J connectivity index is 2.25. The van der Waals surface area contributed by atoms with E-state index in [1.54, 1.807) is 0 Å². The number of amides is 1. The first kappa shape index (κ1) is 11.5.